The summed E-state index contributed by atoms with van der Waals surface area (Å²) in [5.41, 5.74) is 0.915. The number of benzene rings is 2. The molecule has 3 aliphatic rings. The summed E-state index contributed by atoms with van der Waals surface area (Å²) in [6.07, 6.45) is 10.0. The number of rotatable bonds is 7. The van der Waals surface area contributed by atoms with E-state index in [0.29, 0.717) is 31.1 Å². The summed E-state index contributed by atoms with van der Waals surface area (Å²) in [6, 6.07) is 15.4. The van der Waals surface area contributed by atoms with Gasteiger partial charge in [0.2, 0.25) is 10.0 Å². The quantitative estimate of drug-likeness (QED) is 0.368. The third kappa shape index (κ3) is 9.09. The van der Waals surface area contributed by atoms with E-state index < -0.39 is 28.3 Å². The van der Waals surface area contributed by atoms with Crippen LogP contribution >= 0.6 is 0 Å². The Morgan fingerprint density at radius 3 is 2.58 bits per heavy atom. The number of β-amino-alcohol motifs (C(OH)–C–C–N with tert-alkyl or cyclic N) is 1. The van der Waals surface area contributed by atoms with E-state index in [1.54, 1.807) is 24.3 Å². The van der Waals surface area contributed by atoms with Crippen LogP contribution in [0.15, 0.2) is 71.6 Å². The number of carbonyl (C=O) groups excluding carboxylic acids is 1. The first-order valence-electron chi connectivity index (χ1n) is 16.5. The molecule has 9 nitrogen and oxygen atoms in total. The van der Waals surface area contributed by atoms with Crippen LogP contribution in [-0.4, -0.2) is 74.6 Å². The lowest BCUT2D eigenvalue weighted by molar-refractivity contribution is 0.0531. The number of hydrogen-bond acceptors (Lipinski definition) is 7. The van der Waals surface area contributed by atoms with Gasteiger partial charge in [-0.1, -0.05) is 55.5 Å². The van der Waals surface area contributed by atoms with Gasteiger partial charge in [-0.05, 0) is 75.0 Å². The Bertz CT molecular complexity index is 1360. The van der Waals surface area contributed by atoms with Crippen molar-refractivity contribution in [2.24, 2.45) is 5.92 Å². The van der Waals surface area contributed by atoms with Gasteiger partial charge >= 0.3 is 6.09 Å². The smallest absolute Gasteiger partial charge is 0.407 e. The Labute approximate surface area is 268 Å². The molecule has 5 rings (SSSR count). The molecule has 10 heteroatoms. The Hall–Kier alpha value is -2.92. The topological polar surface area (TPSA) is 114 Å². The zero-order chi connectivity index (χ0) is 31.6. The van der Waals surface area contributed by atoms with E-state index in [1.165, 1.54) is 4.31 Å². The van der Waals surface area contributed by atoms with Gasteiger partial charge in [0.1, 0.15) is 11.9 Å². The van der Waals surface area contributed by atoms with Gasteiger partial charge in [0.25, 0.3) is 0 Å². The molecule has 2 bridgehead atoms. The zero-order valence-electron chi connectivity index (χ0n) is 26.3. The third-order valence-corrected chi connectivity index (χ3v) is 11.2. The molecule has 1 saturated carbocycles. The maximum atomic E-state index is 14.1. The summed E-state index contributed by atoms with van der Waals surface area (Å²) < 4.78 is 46.9. The lowest BCUT2D eigenvalue weighted by Crippen LogP contribution is -2.52. The molecule has 1 saturated heterocycles. The Kier molecular flexibility index (Phi) is 11.9. The van der Waals surface area contributed by atoms with Crippen LogP contribution in [-0.2, 0) is 19.5 Å². The van der Waals surface area contributed by atoms with Crippen LogP contribution in [0.4, 0.5) is 4.79 Å². The third-order valence-electron chi connectivity index (χ3n) is 9.31. The number of aliphatic hydroxyl groups is 1. The molecule has 0 spiro atoms. The van der Waals surface area contributed by atoms with E-state index in [2.05, 4.69) is 17.5 Å². The van der Waals surface area contributed by atoms with Gasteiger partial charge in [0, 0.05) is 38.1 Å². The van der Waals surface area contributed by atoms with Crippen molar-refractivity contribution in [1.29, 1.82) is 0 Å². The first-order chi connectivity index (χ1) is 21.8. The number of alkyl carbamates (subject to hydrolysis) is 1. The summed E-state index contributed by atoms with van der Waals surface area (Å²) in [5.74, 6) is 0.589. The van der Waals surface area contributed by atoms with Crippen molar-refractivity contribution < 1.29 is 32.5 Å². The van der Waals surface area contributed by atoms with E-state index in [4.69, 9.17) is 14.2 Å². The number of aliphatic hydroxyl groups excluding tert-OH is 1. The van der Waals surface area contributed by atoms with Gasteiger partial charge in [0.15, 0.2) is 0 Å². The van der Waals surface area contributed by atoms with Crippen LogP contribution in [0.3, 0.4) is 0 Å². The first kappa shape index (κ1) is 33.4. The molecule has 1 amide bonds. The fourth-order valence-electron chi connectivity index (χ4n) is 6.70. The molecule has 2 N–H and O–H groups in total. The summed E-state index contributed by atoms with van der Waals surface area (Å²) >= 11 is 0. The van der Waals surface area contributed by atoms with E-state index in [1.807, 2.05) is 37.3 Å². The SMILES string of the molecule is C[C@H](c1ccccc1)[C@H](NC(=O)O[C@@H]1CC2CCO[C@@H]2C1)[C@H](O)CN1CCCC/C=C\CCCCOc2cccc(c2)S1(=O)=O. The number of amides is 1. The van der Waals surface area contributed by atoms with Crippen molar-refractivity contribution in [3.63, 3.8) is 0 Å². The van der Waals surface area contributed by atoms with Crippen LogP contribution in [0.5, 0.6) is 5.75 Å². The molecular weight excluding hydrogens is 592 g/mol. The molecule has 0 aromatic heterocycles. The van der Waals surface area contributed by atoms with E-state index in [-0.39, 0.29) is 36.1 Å². The van der Waals surface area contributed by atoms with Crippen molar-refractivity contribution in [2.75, 3.05) is 26.3 Å². The number of fused-ring (bicyclic) bond motifs is 3. The molecule has 2 aromatic rings. The minimum Gasteiger partial charge on any atom is -0.494 e. The highest BCUT2D eigenvalue weighted by atomic mass is 32.2. The van der Waals surface area contributed by atoms with Crippen molar-refractivity contribution in [3.05, 3.63) is 72.3 Å². The number of hydrogen-bond donors (Lipinski definition) is 2. The van der Waals surface area contributed by atoms with Crippen LogP contribution in [0, 0.1) is 5.92 Å². The molecule has 45 heavy (non-hydrogen) atoms. The molecule has 2 fully saturated rings. The molecule has 2 aliphatic heterocycles. The summed E-state index contributed by atoms with van der Waals surface area (Å²) in [5, 5.41) is 14.7. The summed E-state index contributed by atoms with van der Waals surface area (Å²) in [4.78, 5) is 13.4. The van der Waals surface area contributed by atoms with E-state index >= 15 is 0 Å². The number of sulfonamides is 1. The van der Waals surface area contributed by atoms with Crippen LogP contribution < -0.4 is 10.1 Å². The minimum atomic E-state index is -3.98. The average Bonchev–Trinajstić information content (AvgIpc) is 3.63. The normalized spacial score (nSPS) is 26.9. The second-order valence-electron chi connectivity index (χ2n) is 12.5. The zero-order valence-corrected chi connectivity index (χ0v) is 27.1. The molecule has 6 atom stereocenters. The summed E-state index contributed by atoms with van der Waals surface area (Å²) in [7, 11) is -3.98. The lowest BCUT2D eigenvalue weighted by Gasteiger charge is -2.33. The van der Waals surface area contributed by atoms with Gasteiger partial charge < -0.3 is 24.6 Å². The highest BCUT2D eigenvalue weighted by Gasteiger charge is 2.41. The van der Waals surface area contributed by atoms with Crippen LogP contribution in [0.25, 0.3) is 0 Å². The number of carbonyl (C=O) groups is 1. The second-order valence-corrected chi connectivity index (χ2v) is 14.5. The largest absolute Gasteiger partial charge is 0.494 e. The Morgan fingerprint density at radius 2 is 1.80 bits per heavy atom. The molecule has 1 unspecified atom stereocenters. The van der Waals surface area contributed by atoms with Gasteiger partial charge in [-0.2, -0.15) is 4.31 Å². The molecule has 0 radical (unpaired) electrons. The highest BCUT2D eigenvalue weighted by molar-refractivity contribution is 7.89. The van der Waals surface area contributed by atoms with Crippen LogP contribution in [0.1, 0.15) is 76.2 Å². The lowest BCUT2D eigenvalue weighted by atomic mass is 9.89. The number of allylic oxidation sites excluding steroid dienone is 2. The average molecular weight is 641 g/mol. The molecular formula is C35H48N2O7S. The van der Waals surface area contributed by atoms with Crippen LogP contribution in [0.2, 0.25) is 0 Å². The predicted octanol–water partition coefficient (Wildman–Crippen LogP) is 5.79. The molecule has 246 valence electrons. The van der Waals surface area contributed by atoms with Crippen molar-refractivity contribution in [1.82, 2.24) is 9.62 Å². The minimum absolute atomic E-state index is 0.119. The van der Waals surface area contributed by atoms with E-state index in [0.717, 1.165) is 57.1 Å². The second kappa shape index (κ2) is 16.1. The van der Waals surface area contributed by atoms with Crippen molar-refractivity contribution >= 4 is 16.1 Å². The monoisotopic (exact) mass is 640 g/mol. The Morgan fingerprint density at radius 1 is 1.02 bits per heavy atom. The first-order valence-corrected chi connectivity index (χ1v) is 17.9. The predicted molar refractivity (Wildman–Crippen MR) is 173 cm³/mol. The highest BCUT2D eigenvalue weighted by Crippen LogP contribution is 2.37. The van der Waals surface area contributed by atoms with Gasteiger partial charge in [-0.15, -0.1) is 0 Å². The standard InChI is InChI=1S/C35H48N2O7S/c1-26(27-14-9-8-10-15-27)34(36-35(39)44-30-22-28-18-21-43-33(28)24-30)32(38)25-37-19-11-6-4-2-3-5-7-12-20-42-29-16-13-17-31(23-29)45(37,40)41/h2-3,8-10,13-17,23,26,28,30,32-34,38H,4-7,11-12,18-22,24-25H2,1H3,(H,36,39)/b3-2-/t26-,28?,30-,32-,33-,34+/m1/s1. The van der Waals surface area contributed by atoms with E-state index in [9.17, 15) is 18.3 Å². The van der Waals surface area contributed by atoms with Crippen molar-refractivity contribution in [3.8, 4) is 5.75 Å². The molecule has 2 aromatic carbocycles. The fraction of sp³-hybridized carbons (Fsp3) is 0.571. The Balaban J connectivity index is 1.35. The van der Waals surface area contributed by atoms with Gasteiger partial charge in [0.05, 0.1) is 29.8 Å². The number of nitrogens with one attached hydrogen (secondary N) is 1. The molecule has 1 aliphatic carbocycles. The summed E-state index contributed by atoms with van der Waals surface area (Å²) in [6.45, 7) is 3.24. The van der Waals surface area contributed by atoms with Crippen molar-refractivity contribution in [2.45, 2.75) is 99.9 Å². The maximum Gasteiger partial charge on any atom is 0.407 e. The maximum absolute atomic E-state index is 14.1. The van der Waals surface area contributed by atoms with Gasteiger partial charge in [-0.3, -0.25) is 0 Å². The number of ether oxygens (including phenoxy) is 3. The number of nitrogens with zero attached hydrogens (tertiary/aromatic N) is 1. The fourth-order valence-corrected chi connectivity index (χ4v) is 8.23. The van der Waals surface area contributed by atoms with Gasteiger partial charge in [-0.25, -0.2) is 13.2 Å². The molecule has 2 heterocycles.